The highest BCUT2D eigenvalue weighted by Crippen LogP contribution is 2.27. The van der Waals surface area contributed by atoms with Crippen molar-refractivity contribution in [1.82, 2.24) is 10.2 Å². The molecule has 0 bridgehead atoms. The summed E-state index contributed by atoms with van der Waals surface area (Å²) in [5, 5.41) is 3.29. The molecule has 4 heteroatoms. The van der Waals surface area contributed by atoms with Gasteiger partial charge in [-0.25, -0.2) is 0 Å². The van der Waals surface area contributed by atoms with E-state index in [2.05, 4.69) is 48.3 Å². The van der Waals surface area contributed by atoms with Crippen LogP contribution >= 0.6 is 12.4 Å². The molecule has 2 unspecified atom stereocenters. The Balaban J connectivity index is 0.00000192. The minimum absolute atomic E-state index is 0. The van der Waals surface area contributed by atoms with Gasteiger partial charge in [-0.15, -0.1) is 12.4 Å². The predicted octanol–water partition coefficient (Wildman–Crippen LogP) is 3.06. The average Bonchev–Trinajstić information content (AvgIpc) is 2.50. The number of fused-ring (bicyclic) bond motifs is 1. The molecule has 1 aromatic rings. The van der Waals surface area contributed by atoms with Crippen LogP contribution in [0.2, 0.25) is 0 Å². The fourth-order valence-corrected chi connectivity index (χ4v) is 3.79. The highest BCUT2D eigenvalue weighted by Gasteiger charge is 2.34. The number of aryl methyl sites for hydroxylation is 1. The molecule has 2 atom stereocenters. The Hall–Kier alpha value is -1.06. The maximum atomic E-state index is 13.0. The van der Waals surface area contributed by atoms with Crippen LogP contribution in [-0.2, 0) is 17.6 Å². The maximum absolute atomic E-state index is 13.0. The number of carbonyl (C=O) groups is 1. The summed E-state index contributed by atoms with van der Waals surface area (Å²) in [4.78, 5) is 15.2. The number of halogens is 1. The van der Waals surface area contributed by atoms with E-state index >= 15 is 0 Å². The van der Waals surface area contributed by atoms with E-state index in [4.69, 9.17) is 0 Å². The largest absolute Gasteiger partial charge is 0.339 e. The van der Waals surface area contributed by atoms with Crippen molar-refractivity contribution in [2.45, 2.75) is 45.6 Å². The van der Waals surface area contributed by atoms with Crippen LogP contribution in [0.5, 0.6) is 0 Å². The molecule has 1 aromatic carbocycles. The van der Waals surface area contributed by atoms with E-state index in [0.717, 1.165) is 45.3 Å². The molecule has 1 saturated heterocycles. The second kappa shape index (κ2) is 8.16. The third kappa shape index (κ3) is 3.89. The molecule has 3 nitrogen and oxygen atoms in total. The summed E-state index contributed by atoms with van der Waals surface area (Å²) in [7, 11) is 0. The third-order valence-corrected chi connectivity index (χ3v) is 5.42. The molecule has 1 aliphatic heterocycles. The van der Waals surface area contributed by atoms with Gasteiger partial charge < -0.3 is 10.2 Å². The molecular formula is C19H29ClN2O. The van der Waals surface area contributed by atoms with Gasteiger partial charge in [0.1, 0.15) is 0 Å². The lowest BCUT2D eigenvalue weighted by Crippen LogP contribution is -2.53. The van der Waals surface area contributed by atoms with Crippen molar-refractivity contribution in [3.63, 3.8) is 0 Å². The average molecular weight is 337 g/mol. The predicted molar refractivity (Wildman–Crippen MR) is 97.0 cm³/mol. The molecular weight excluding hydrogens is 308 g/mol. The second-order valence-electron chi connectivity index (χ2n) is 6.90. The van der Waals surface area contributed by atoms with E-state index in [1.54, 1.807) is 0 Å². The van der Waals surface area contributed by atoms with Crippen molar-refractivity contribution >= 4 is 18.3 Å². The standard InChI is InChI=1S/C19H28N2O.ClH/c1-3-10-21(19(22)14(2)17-12-20-13-17)18-9-8-15-6-4-5-7-16(15)11-18;/h4-7,14,17-18,20H,3,8-13H2,1-2H3;1H. The highest BCUT2D eigenvalue weighted by molar-refractivity contribution is 5.85. The second-order valence-corrected chi connectivity index (χ2v) is 6.90. The lowest BCUT2D eigenvalue weighted by atomic mass is 9.84. The fourth-order valence-electron chi connectivity index (χ4n) is 3.79. The van der Waals surface area contributed by atoms with Crippen LogP contribution in [0.4, 0.5) is 0 Å². The number of nitrogens with zero attached hydrogens (tertiary/aromatic N) is 1. The van der Waals surface area contributed by atoms with Gasteiger partial charge in [-0.2, -0.15) is 0 Å². The molecule has 0 saturated carbocycles. The first-order valence-corrected chi connectivity index (χ1v) is 8.78. The Morgan fingerprint density at radius 2 is 2.00 bits per heavy atom. The minimum atomic E-state index is 0. The van der Waals surface area contributed by atoms with Crippen molar-refractivity contribution < 1.29 is 4.79 Å². The van der Waals surface area contributed by atoms with E-state index in [1.807, 2.05) is 0 Å². The molecule has 0 spiro atoms. The smallest absolute Gasteiger partial charge is 0.226 e. The number of hydrogen-bond acceptors (Lipinski definition) is 2. The quantitative estimate of drug-likeness (QED) is 0.896. The summed E-state index contributed by atoms with van der Waals surface area (Å²) in [6.45, 7) is 7.19. The molecule has 1 N–H and O–H groups in total. The van der Waals surface area contributed by atoms with Crippen LogP contribution in [0.25, 0.3) is 0 Å². The number of hydrogen-bond donors (Lipinski definition) is 1. The molecule has 3 rings (SSSR count). The topological polar surface area (TPSA) is 32.3 Å². The molecule has 1 aliphatic carbocycles. The molecule has 0 aromatic heterocycles. The first-order chi connectivity index (χ1) is 10.7. The summed E-state index contributed by atoms with van der Waals surface area (Å²) in [5.41, 5.74) is 2.91. The molecule has 1 fully saturated rings. The fraction of sp³-hybridized carbons (Fsp3) is 0.632. The molecule has 1 heterocycles. The lowest BCUT2D eigenvalue weighted by molar-refractivity contribution is -0.140. The van der Waals surface area contributed by atoms with Crippen LogP contribution in [0.1, 0.15) is 37.8 Å². The van der Waals surface area contributed by atoms with E-state index < -0.39 is 0 Å². The van der Waals surface area contributed by atoms with E-state index in [1.165, 1.54) is 11.1 Å². The number of nitrogens with one attached hydrogen (secondary N) is 1. The zero-order valence-electron chi connectivity index (χ0n) is 14.3. The monoisotopic (exact) mass is 336 g/mol. The number of carbonyl (C=O) groups excluding carboxylic acids is 1. The number of benzene rings is 1. The van der Waals surface area contributed by atoms with Gasteiger partial charge in [-0.05, 0) is 55.8 Å². The van der Waals surface area contributed by atoms with Gasteiger partial charge >= 0.3 is 0 Å². The number of rotatable bonds is 5. The van der Waals surface area contributed by atoms with Crippen molar-refractivity contribution in [1.29, 1.82) is 0 Å². The summed E-state index contributed by atoms with van der Waals surface area (Å²) in [6.07, 6.45) is 4.28. The zero-order chi connectivity index (χ0) is 15.5. The van der Waals surface area contributed by atoms with Crippen molar-refractivity contribution in [2.75, 3.05) is 19.6 Å². The SMILES string of the molecule is CCCN(C(=O)C(C)C1CNC1)C1CCc2ccccc2C1.Cl. The Kier molecular flexibility index (Phi) is 6.49. The number of amides is 1. The first-order valence-electron chi connectivity index (χ1n) is 8.78. The van der Waals surface area contributed by atoms with Gasteiger partial charge in [-0.1, -0.05) is 38.1 Å². The Morgan fingerprint density at radius 1 is 1.30 bits per heavy atom. The normalized spacial score (nSPS) is 21.6. The summed E-state index contributed by atoms with van der Waals surface area (Å²) < 4.78 is 0. The van der Waals surface area contributed by atoms with Gasteiger partial charge in [0.05, 0.1) is 0 Å². The van der Waals surface area contributed by atoms with Gasteiger partial charge in [0.25, 0.3) is 0 Å². The Labute approximate surface area is 146 Å². The van der Waals surface area contributed by atoms with Gasteiger partial charge in [0.2, 0.25) is 5.91 Å². The van der Waals surface area contributed by atoms with Crippen LogP contribution < -0.4 is 5.32 Å². The van der Waals surface area contributed by atoms with Crippen LogP contribution in [0.15, 0.2) is 24.3 Å². The third-order valence-electron chi connectivity index (χ3n) is 5.42. The van der Waals surface area contributed by atoms with Crippen LogP contribution in [0.3, 0.4) is 0 Å². The molecule has 2 aliphatic rings. The molecule has 23 heavy (non-hydrogen) atoms. The summed E-state index contributed by atoms with van der Waals surface area (Å²) in [5.74, 6) is 1.06. The Morgan fingerprint density at radius 3 is 2.61 bits per heavy atom. The Bertz CT molecular complexity index is 530. The van der Waals surface area contributed by atoms with Crippen LogP contribution in [-0.4, -0.2) is 36.5 Å². The van der Waals surface area contributed by atoms with Crippen molar-refractivity contribution in [2.24, 2.45) is 11.8 Å². The van der Waals surface area contributed by atoms with Crippen LogP contribution in [0, 0.1) is 11.8 Å². The highest BCUT2D eigenvalue weighted by atomic mass is 35.5. The van der Waals surface area contributed by atoms with Gasteiger partial charge in [0, 0.05) is 18.5 Å². The van der Waals surface area contributed by atoms with E-state index in [9.17, 15) is 4.79 Å². The molecule has 128 valence electrons. The van der Waals surface area contributed by atoms with Gasteiger partial charge in [0.15, 0.2) is 0 Å². The maximum Gasteiger partial charge on any atom is 0.226 e. The molecule has 1 amide bonds. The zero-order valence-corrected chi connectivity index (χ0v) is 15.1. The lowest BCUT2D eigenvalue weighted by Gasteiger charge is -2.40. The van der Waals surface area contributed by atoms with Crippen molar-refractivity contribution in [3.8, 4) is 0 Å². The minimum Gasteiger partial charge on any atom is -0.339 e. The van der Waals surface area contributed by atoms with E-state index in [0.29, 0.717) is 17.9 Å². The van der Waals surface area contributed by atoms with Crippen molar-refractivity contribution in [3.05, 3.63) is 35.4 Å². The molecule has 0 radical (unpaired) electrons. The van der Waals surface area contributed by atoms with E-state index in [-0.39, 0.29) is 18.3 Å². The van der Waals surface area contributed by atoms with Gasteiger partial charge in [-0.3, -0.25) is 4.79 Å². The summed E-state index contributed by atoms with van der Waals surface area (Å²) in [6, 6.07) is 9.10. The summed E-state index contributed by atoms with van der Waals surface area (Å²) >= 11 is 0. The first kappa shape index (κ1) is 18.3.